The molecule has 194 valence electrons. The molecule has 1 saturated carbocycles. The maximum absolute atomic E-state index is 13.5. The Hall–Kier alpha value is -4.22. The number of rotatable bonds is 6. The number of hydrogen-bond acceptors (Lipinski definition) is 6. The number of amides is 2. The van der Waals surface area contributed by atoms with E-state index in [4.69, 9.17) is 4.52 Å². The van der Waals surface area contributed by atoms with Crippen LogP contribution >= 0.6 is 0 Å². The molecular formula is C25H24F3N5O4. The molecule has 12 heteroatoms. The van der Waals surface area contributed by atoms with Crippen molar-refractivity contribution in [3.8, 4) is 0 Å². The van der Waals surface area contributed by atoms with E-state index < -0.39 is 29.6 Å². The number of halogens is 3. The maximum Gasteiger partial charge on any atom is 0.416 e. The second kappa shape index (κ2) is 10.8. The highest BCUT2D eigenvalue weighted by molar-refractivity contribution is 5.99. The monoisotopic (exact) mass is 515 g/mol. The number of nitrogens with one attached hydrogen (secondary N) is 2. The number of alkyl halides is 3. The molecule has 0 unspecified atom stereocenters. The van der Waals surface area contributed by atoms with Crippen molar-refractivity contribution in [2.75, 3.05) is 10.6 Å². The van der Waals surface area contributed by atoms with Gasteiger partial charge in [0, 0.05) is 37.3 Å². The molecule has 9 nitrogen and oxygen atoms in total. The summed E-state index contributed by atoms with van der Waals surface area (Å²) < 4.78 is 47.1. The van der Waals surface area contributed by atoms with Gasteiger partial charge in [-0.1, -0.05) is 37.3 Å². The Morgan fingerprint density at radius 2 is 1.86 bits per heavy atom. The van der Waals surface area contributed by atoms with E-state index in [0.717, 1.165) is 12.1 Å². The molecule has 0 aliphatic heterocycles. The van der Waals surface area contributed by atoms with Crippen molar-refractivity contribution in [1.29, 1.82) is 0 Å². The van der Waals surface area contributed by atoms with Crippen molar-refractivity contribution in [3.05, 3.63) is 65.9 Å². The molecule has 0 bridgehead atoms. The van der Waals surface area contributed by atoms with Crippen LogP contribution in [0.4, 0.5) is 35.2 Å². The first-order chi connectivity index (χ1) is 17.6. The highest BCUT2D eigenvalue weighted by Gasteiger charge is 2.32. The molecule has 3 aromatic rings. The van der Waals surface area contributed by atoms with Gasteiger partial charge in [0.25, 0.3) is 6.20 Å². The lowest BCUT2D eigenvalue weighted by atomic mass is 9.95. The van der Waals surface area contributed by atoms with E-state index in [9.17, 15) is 27.9 Å². The molecule has 1 atom stereocenters. The van der Waals surface area contributed by atoms with Crippen LogP contribution in [-0.4, -0.2) is 23.0 Å². The van der Waals surface area contributed by atoms with Gasteiger partial charge in [-0.15, -0.1) is 0 Å². The third-order valence-electron chi connectivity index (χ3n) is 6.02. The van der Waals surface area contributed by atoms with Crippen molar-refractivity contribution in [2.24, 2.45) is 4.99 Å². The van der Waals surface area contributed by atoms with E-state index in [-0.39, 0.29) is 29.1 Å². The number of ketones is 1. The van der Waals surface area contributed by atoms with Gasteiger partial charge in [-0.25, -0.2) is 4.79 Å². The van der Waals surface area contributed by atoms with Crippen LogP contribution in [0.15, 0.2) is 64.2 Å². The zero-order chi connectivity index (χ0) is 26.6. The Labute approximate surface area is 210 Å². The molecule has 1 fully saturated rings. The number of anilines is 2. The molecule has 1 aliphatic rings. The normalized spacial score (nSPS) is 15.9. The number of benzene rings is 2. The fourth-order valence-corrected chi connectivity index (χ4v) is 3.97. The summed E-state index contributed by atoms with van der Waals surface area (Å²) in [5, 5.41) is 21.1. The molecule has 2 amide bonds. The molecule has 4 rings (SSSR count). The fourth-order valence-electron chi connectivity index (χ4n) is 3.97. The summed E-state index contributed by atoms with van der Waals surface area (Å²) in [7, 11) is 0. The molecule has 0 radical (unpaired) electrons. The number of hydrogen-bond donors (Lipinski definition) is 2. The predicted molar refractivity (Wildman–Crippen MR) is 125 cm³/mol. The third kappa shape index (κ3) is 6.72. The highest BCUT2D eigenvalue weighted by atomic mass is 19.4. The van der Waals surface area contributed by atoms with Gasteiger partial charge in [0.05, 0.1) is 11.3 Å². The maximum atomic E-state index is 13.5. The molecule has 0 spiro atoms. The molecule has 2 aromatic carbocycles. The second-order valence-electron chi connectivity index (χ2n) is 8.74. The molecular weight excluding hydrogens is 491 g/mol. The first-order valence-corrected chi connectivity index (χ1v) is 11.6. The van der Waals surface area contributed by atoms with E-state index in [0.29, 0.717) is 31.2 Å². The van der Waals surface area contributed by atoms with Crippen LogP contribution in [-0.2, 0) is 11.0 Å². The summed E-state index contributed by atoms with van der Waals surface area (Å²) in [6.45, 7) is 1.61. The molecule has 0 saturated heterocycles. The Kier molecular flexibility index (Phi) is 7.55. The zero-order valence-corrected chi connectivity index (χ0v) is 19.8. The molecule has 37 heavy (non-hydrogen) atoms. The van der Waals surface area contributed by atoms with E-state index in [1.165, 1.54) is 16.9 Å². The minimum atomic E-state index is -4.73. The average molecular weight is 515 g/mol. The molecule has 1 aliphatic carbocycles. The quantitative estimate of drug-likeness (QED) is 0.284. The van der Waals surface area contributed by atoms with E-state index in [1.54, 1.807) is 37.3 Å². The van der Waals surface area contributed by atoms with Gasteiger partial charge in [0.15, 0.2) is 6.04 Å². The van der Waals surface area contributed by atoms with Crippen molar-refractivity contribution in [3.63, 3.8) is 0 Å². The molecule has 2 N–H and O–H groups in total. The van der Waals surface area contributed by atoms with Gasteiger partial charge < -0.3 is 10.4 Å². The minimum Gasteiger partial charge on any atom is -0.861 e. The van der Waals surface area contributed by atoms with Crippen LogP contribution in [0.25, 0.3) is 0 Å². The lowest BCUT2D eigenvalue weighted by Crippen LogP contribution is -2.42. The van der Waals surface area contributed by atoms with Crippen LogP contribution < -0.4 is 20.4 Å². The Balaban J connectivity index is 1.49. The number of aliphatic imine (C=N–C) groups is 1. The third-order valence-corrected chi connectivity index (χ3v) is 6.02. The van der Waals surface area contributed by atoms with Crippen LogP contribution in [0.1, 0.15) is 55.7 Å². The number of aromatic nitrogens is 2. The zero-order valence-electron chi connectivity index (χ0n) is 19.8. The number of carbonyl (C=O) groups excluding carboxylic acids is 2. The fraction of sp³-hybridized carbons (Fsp3) is 0.320. The summed E-state index contributed by atoms with van der Waals surface area (Å²) in [4.78, 5) is 27.7. The predicted octanol–water partition coefficient (Wildman–Crippen LogP) is 4.50. The summed E-state index contributed by atoms with van der Waals surface area (Å²) in [5.74, 6) is -1.15. The first kappa shape index (κ1) is 25.9. The van der Waals surface area contributed by atoms with Gasteiger partial charge in [-0.05, 0) is 34.3 Å². The minimum absolute atomic E-state index is 0.0295. The average Bonchev–Trinajstić information content (AvgIpc) is 3.32. The summed E-state index contributed by atoms with van der Waals surface area (Å²) in [5.41, 5.74) is -0.870. The van der Waals surface area contributed by atoms with Crippen LogP contribution in [0.2, 0.25) is 0 Å². The van der Waals surface area contributed by atoms with Gasteiger partial charge in [-0.2, -0.15) is 13.2 Å². The Bertz CT molecular complexity index is 1300. The smallest absolute Gasteiger partial charge is 0.416 e. The lowest BCUT2D eigenvalue weighted by Gasteiger charge is -2.20. The second-order valence-corrected chi connectivity index (χ2v) is 8.74. The summed E-state index contributed by atoms with van der Waals surface area (Å²) in [6.07, 6.45) is -1.23. The van der Waals surface area contributed by atoms with E-state index >= 15 is 0 Å². The number of nitrogens with zero attached hydrogens (tertiary/aromatic N) is 3. The summed E-state index contributed by atoms with van der Waals surface area (Å²) in [6, 6.07) is 10.4. The van der Waals surface area contributed by atoms with Crippen LogP contribution in [0.3, 0.4) is 0 Å². The van der Waals surface area contributed by atoms with Gasteiger partial charge in [0.2, 0.25) is 5.27 Å². The van der Waals surface area contributed by atoms with Gasteiger partial charge in [0.1, 0.15) is 5.78 Å². The standard InChI is InChI=1S/C25H24F3N5O4/c1-15(16-5-3-2-4-6-16)23(35)29-18-11-17(25(26,27)28)12-19(13-18)30-24(36)31-22-14-33(32-37-22)20-7-9-21(34)10-8-20/h2-6,11-15,20H,7-10H2,1H3,(H2-,29,30,31,32,35,36)/t15-/m0/s1. The first-order valence-electron chi connectivity index (χ1n) is 11.6. The van der Waals surface area contributed by atoms with Crippen LogP contribution in [0, 0.1) is 0 Å². The highest BCUT2D eigenvalue weighted by Crippen LogP contribution is 2.34. The topological polar surface area (TPSA) is 124 Å². The molecule has 1 aromatic heterocycles. The largest absolute Gasteiger partial charge is 0.861 e. The van der Waals surface area contributed by atoms with Crippen molar-refractivity contribution in [1.82, 2.24) is 5.27 Å². The molecule has 1 heterocycles. The Morgan fingerprint density at radius 1 is 1.16 bits per heavy atom. The van der Waals surface area contributed by atoms with Gasteiger partial charge in [-0.3, -0.25) is 19.6 Å². The number of carbonyl (C=O) groups is 2. The van der Waals surface area contributed by atoms with E-state index in [2.05, 4.69) is 20.9 Å². The lowest BCUT2D eigenvalue weighted by molar-refractivity contribution is -0.786. The van der Waals surface area contributed by atoms with Crippen molar-refractivity contribution < 1.29 is 37.1 Å². The SMILES string of the molecule is C[C@H](C([O-])=Nc1cc(NC(=O)Nc2c[n+](C3CCC(=O)CC3)no2)cc(C(F)(F)F)c1)c1ccccc1. The van der Waals surface area contributed by atoms with E-state index in [1.807, 2.05) is 0 Å². The van der Waals surface area contributed by atoms with Gasteiger partial charge >= 0.3 is 18.1 Å². The van der Waals surface area contributed by atoms with Crippen LogP contribution in [0.5, 0.6) is 0 Å². The number of Topliss-reactive ketones (excluding diaryl/α,β-unsaturated/α-hetero) is 1. The van der Waals surface area contributed by atoms with Crippen molar-refractivity contribution >= 4 is 35.0 Å². The summed E-state index contributed by atoms with van der Waals surface area (Å²) >= 11 is 0. The van der Waals surface area contributed by atoms with Crippen molar-refractivity contribution in [2.45, 2.75) is 50.7 Å². The Morgan fingerprint density at radius 3 is 2.54 bits per heavy atom. The number of urea groups is 1.